The molecule has 0 bridgehead atoms. The predicted octanol–water partition coefficient (Wildman–Crippen LogP) is -0.0110. The van der Waals surface area contributed by atoms with Gasteiger partial charge in [0.15, 0.2) is 0 Å². The molecule has 0 heterocycles. The quantitative estimate of drug-likeness (QED) is 0.470. The zero-order valence-corrected chi connectivity index (χ0v) is 4.46. The zero-order chi connectivity index (χ0) is 2.00. The average molecular weight is 172 g/mol. The Kier molecular flexibility index (Phi) is 147. The molecule has 0 radical (unpaired) electrons. The van der Waals surface area contributed by atoms with E-state index in [9.17, 15) is 0 Å². The normalized spacial score (nSPS) is 1.50. The molecule has 0 saturated carbocycles. The zero-order valence-electron chi connectivity index (χ0n) is 1.53. The molecule has 0 aliphatic heterocycles. The number of rotatable bonds is 0. The van der Waals surface area contributed by atoms with Gasteiger partial charge in [0.1, 0.15) is 0 Å². The third kappa shape index (κ3) is 10.9. The van der Waals surface area contributed by atoms with E-state index in [0.717, 1.165) is 0 Å². The van der Waals surface area contributed by atoms with Crippen LogP contribution in [0.2, 0.25) is 0 Å². The van der Waals surface area contributed by atoms with Gasteiger partial charge >= 0.3 is 19.8 Å². The molecule has 0 aliphatic carbocycles. The molecule has 0 unspecified atom stereocenters. The molecule has 4 heavy (non-hydrogen) atoms. The van der Waals surface area contributed by atoms with Crippen LogP contribution >= 0.6 is 13.5 Å². The molecule has 1 nitrogen and oxygen atoms in total. The molecular weight excluding hydrogens is 170 g/mol. The first-order valence-corrected chi connectivity index (χ1v) is 0.508. The van der Waals surface area contributed by atoms with E-state index in [1.165, 1.54) is 0 Å². The minimum absolute atomic E-state index is 0. The molecule has 0 N–H and O–H groups in total. The summed E-state index contributed by atoms with van der Waals surface area (Å²) in [4.78, 5) is 0. The molecule has 0 saturated heterocycles. The third-order valence-corrected chi connectivity index (χ3v) is 0. The van der Waals surface area contributed by atoms with Crippen LogP contribution < -0.4 is 0 Å². The van der Waals surface area contributed by atoms with Gasteiger partial charge < -0.3 is 0 Å². The Morgan fingerprint density at radius 1 is 1.25 bits per heavy atom. The molecule has 0 spiro atoms. The van der Waals surface area contributed by atoms with Crippen molar-refractivity contribution in [2.75, 3.05) is 0 Å². The van der Waals surface area contributed by atoms with Gasteiger partial charge in [-0.2, -0.15) is 13.5 Å². The second-order valence-corrected chi connectivity index (χ2v) is 0. The Morgan fingerprint density at radius 3 is 1.25 bits per heavy atom. The molecule has 0 rings (SSSR count). The molecule has 0 fully saturated rings. The van der Waals surface area contributed by atoms with Gasteiger partial charge in [-0.3, -0.25) is 0 Å². The van der Waals surface area contributed by atoms with E-state index in [-0.39, 0.29) is 30.0 Å². The van der Waals surface area contributed by atoms with E-state index in [1.54, 1.807) is 0 Å². The van der Waals surface area contributed by atoms with Gasteiger partial charge in [0, 0.05) is 16.5 Å². The van der Waals surface area contributed by atoms with Gasteiger partial charge in [-0.1, -0.05) is 0 Å². The van der Waals surface area contributed by atoms with Crippen LogP contribution in [0.25, 0.3) is 0 Å². The topological polar surface area (TPSA) is 17.1 Å². The van der Waals surface area contributed by atoms with Crippen LogP contribution in [0.15, 0.2) is 0 Å². The van der Waals surface area contributed by atoms with Crippen LogP contribution in [-0.2, 0) is 36.3 Å². The van der Waals surface area contributed by atoms with E-state index >= 15 is 0 Å². The minimum atomic E-state index is 0. The summed E-state index contributed by atoms with van der Waals surface area (Å²) in [6.45, 7) is 0. The first kappa shape index (κ1) is 19.1. The van der Waals surface area contributed by atoms with Crippen molar-refractivity contribution in [2.45, 2.75) is 0 Å². The average Bonchev–Trinajstić information content (AvgIpc) is 1.00. The molecular formula is H2CuNiOS. The fraction of sp³-hybridized carbons (Fsp3) is 0. The van der Waals surface area contributed by atoms with Crippen LogP contribution in [0.1, 0.15) is 0 Å². The summed E-state index contributed by atoms with van der Waals surface area (Å²) in [5.41, 5.74) is 0. The molecule has 0 aromatic rings. The van der Waals surface area contributed by atoms with Crippen LogP contribution in [0.4, 0.5) is 0 Å². The summed E-state index contributed by atoms with van der Waals surface area (Å²) in [5.74, 6) is 0. The second-order valence-electron chi connectivity index (χ2n) is 0. The van der Waals surface area contributed by atoms with E-state index < -0.39 is 0 Å². The van der Waals surface area contributed by atoms with Crippen LogP contribution in [0, 0.1) is 0 Å². The van der Waals surface area contributed by atoms with Gasteiger partial charge in [-0.25, -0.2) is 0 Å². The SMILES string of the molecule is S.[Ni].[O]=[Cu]. The molecule has 4 heteroatoms. The van der Waals surface area contributed by atoms with Crippen LogP contribution in [0.5, 0.6) is 0 Å². The summed E-state index contributed by atoms with van der Waals surface area (Å²) in [7, 11) is 0. The van der Waals surface area contributed by atoms with Gasteiger partial charge in [0.05, 0.1) is 0 Å². The van der Waals surface area contributed by atoms with Crippen LogP contribution in [0.3, 0.4) is 0 Å². The van der Waals surface area contributed by atoms with Gasteiger partial charge in [0.2, 0.25) is 0 Å². The second kappa shape index (κ2) is 30.8. The van der Waals surface area contributed by atoms with Crippen molar-refractivity contribution < 1.29 is 36.3 Å². The molecule has 0 atom stereocenters. The molecule has 0 aliphatic rings. The summed E-state index contributed by atoms with van der Waals surface area (Å²) in [6.07, 6.45) is 0. The molecule has 35 valence electrons. The van der Waals surface area contributed by atoms with Crippen molar-refractivity contribution in [1.82, 2.24) is 0 Å². The van der Waals surface area contributed by atoms with Crippen molar-refractivity contribution in [3.05, 3.63) is 0 Å². The Hall–Kier alpha value is 1.16. The fourth-order valence-electron chi connectivity index (χ4n) is 0. The summed E-state index contributed by atoms with van der Waals surface area (Å²) >= 11 is 2.94. The van der Waals surface area contributed by atoms with Crippen molar-refractivity contribution >= 4 is 13.5 Å². The van der Waals surface area contributed by atoms with Gasteiger partial charge in [0.25, 0.3) is 0 Å². The van der Waals surface area contributed by atoms with Gasteiger partial charge in [-0.15, -0.1) is 0 Å². The Bertz CT molecular complexity index is 8.00. The van der Waals surface area contributed by atoms with E-state index in [2.05, 4.69) is 15.9 Å². The van der Waals surface area contributed by atoms with Crippen molar-refractivity contribution in [3.63, 3.8) is 0 Å². The first-order chi connectivity index (χ1) is 1.00. The summed E-state index contributed by atoms with van der Waals surface area (Å²) in [6, 6.07) is 0. The van der Waals surface area contributed by atoms with Crippen molar-refractivity contribution in [2.24, 2.45) is 0 Å². The first-order valence-electron chi connectivity index (χ1n) is 0.123. The summed E-state index contributed by atoms with van der Waals surface area (Å²) in [5, 5.41) is 0. The van der Waals surface area contributed by atoms with Crippen molar-refractivity contribution in [3.8, 4) is 0 Å². The monoisotopic (exact) mass is 171 g/mol. The maximum absolute atomic E-state index is 7.81. The predicted molar refractivity (Wildman–Crippen MR) is 11.1 cm³/mol. The molecule has 0 aromatic carbocycles. The van der Waals surface area contributed by atoms with E-state index in [4.69, 9.17) is 3.83 Å². The Morgan fingerprint density at radius 2 is 1.25 bits per heavy atom. The molecule has 0 aromatic heterocycles. The van der Waals surface area contributed by atoms with E-state index in [0.29, 0.717) is 0 Å². The summed E-state index contributed by atoms with van der Waals surface area (Å²) < 4.78 is 7.81. The number of hydrogen-bond acceptors (Lipinski definition) is 1. The standard InChI is InChI=1S/Cu.Ni.O.H2S/h;;;1H2. The van der Waals surface area contributed by atoms with Crippen LogP contribution in [-0.4, -0.2) is 0 Å². The fourth-order valence-corrected chi connectivity index (χ4v) is 0. The third-order valence-electron chi connectivity index (χ3n) is 0. The molecule has 0 amide bonds. The van der Waals surface area contributed by atoms with Crippen molar-refractivity contribution in [1.29, 1.82) is 0 Å². The maximum atomic E-state index is 7.81. The van der Waals surface area contributed by atoms with E-state index in [1.807, 2.05) is 0 Å². The Balaban J connectivity index is -0.00000000500. The van der Waals surface area contributed by atoms with Gasteiger partial charge in [-0.05, 0) is 0 Å². The number of hydrogen-bond donors (Lipinski definition) is 0. The Labute approximate surface area is 49.9 Å².